The van der Waals surface area contributed by atoms with Gasteiger partial charge in [-0.1, -0.05) is 27.2 Å². The van der Waals surface area contributed by atoms with Gasteiger partial charge in [0.25, 0.3) is 0 Å². The zero-order chi connectivity index (χ0) is 13.8. The van der Waals surface area contributed by atoms with E-state index in [2.05, 4.69) is 25.9 Å². The monoisotopic (exact) mass is 321 g/mol. The van der Waals surface area contributed by atoms with Gasteiger partial charge in [0.2, 0.25) is 0 Å². The van der Waals surface area contributed by atoms with Crippen LogP contribution in [0.4, 0.5) is 0 Å². The Bertz CT molecular complexity index is 631. The fraction of sp³-hybridized carbons (Fsp3) is 0.143. The molecule has 4 nitrogen and oxygen atoms in total. The SMILES string of the molecule is CC(=O)O/N=C\c1ccc(-c2ccc(C)cc2Br)o1. The third-order valence-corrected chi connectivity index (χ3v) is 3.03. The predicted molar refractivity (Wildman–Crippen MR) is 75.9 cm³/mol. The molecular weight excluding hydrogens is 310 g/mol. The standard InChI is InChI=1S/C14H12BrNO3/c1-9-3-5-12(13(15)7-9)14-6-4-11(18-14)8-16-19-10(2)17/h3-8H,1-2H3/b16-8-. The number of carbonyl (C=O) groups is 1. The summed E-state index contributed by atoms with van der Waals surface area (Å²) in [6, 6.07) is 9.60. The van der Waals surface area contributed by atoms with Gasteiger partial charge < -0.3 is 9.25 Å². The second kappa shape index (κ2) is 5.84. The zero-order valence-corrected chi connectivity index (χ0v) is 12.1. The van der Waals surface area contributed by atoms with Crippen LogP contribution in [0.5, 0.6) is 0 Å². The molecule has 0 fully saturated rings. The Morgan fingerprint density at radius 2 is 2.16 bits per heavy atom. The van der Waals surface area contributed by atoms with E-state index in [0.29, 0.717) is 5.76 Å². The van der Waals surface area contributed by atoms with Crippen molar-refractivity contribution in [2.45, 2.75) is 13.8 Å². The number of oxime groups is 1. The number of rotatable bonds is 3. The molecule has 0 radical (unpaired) electrons. The number of hydrogen-bond acceptors (Lipinski definition) is 4. The summed E-state index contributed by atoms with van der Waals surface area (Å²) in [6.45, 7) is 3.31. The van der Waals surface area contributed by atoms with E-state index >= 15 is 0 Å². The zero-order valence-electron chi connectivity index (χ0n) is 10.5. The molecule has 0 aliphatic rings. The lowest BCUT2D eigenvalue weighted by atomic mass is 10.1. The molecule has 0 spiro atoms. The van der Waals surface area contributed by atoms with E-state index in [1.165, 1.54) is 18.7 Å². The van der Waals surface area contributed by atoms with Crippen molar-refractivity contribution < 1.29 is 14.0 Å². The van der Waals surface area contributed by atoms with Gasteiger partial charge in [-0.2, -0.15) is 0 Å². The lowest BCUT2D eigenvalue weighted by Crippen LogP contribution is -1.90. The van der Waals surface area contributed by atoms with E-state index < -0.39 is 5.97 Å². The van der Waals surface area contributed by atoms with E-state index in [1.807, 2.05) is 31.2 Å². The number of aryl methyl sites for hydroxylation is 1. The van der Waals surface area contributed by atoms with Gasteiger partial charge in [0.05, 0.1) is 0 Å². The Kier molecular flexibility index (Phi) is 4.16. The van der Waals surface area contributed by atoms with Crippen molar-refractivity contribution in [3.05, 3.63) is 46.1 Å². The maximum Gasteiger partial charge on any atom is 0.331 e. The van der Waals surface area contributed by atoms with Crippen molar-refractivity contribution >= 4 is 28.1 Å². The largest absolute Gasteiger partial charge is 0.455 e. The topological polar surface area (TPSA) is 51.8 Å². The maximum absolute atomic E-state index is 10.6. The molecule has 0 N–H and O–H groups in total. The third-order valence-electron chi connectivity index (χ3n) is 2.38. The molecule has 0 bridgehead atoms. The van der Waals surface area contributed by atoms with Gasteiger partial charge in [0, 0.05) is 17.0 Å². The summed E-state index contributed by atoms with van der Waals surface area (Å²) >= 11 is 3.50. The van der Waals surface area contributed by atoms with Crippen LogP contribution in [0.3, 0.4) is 0 Å². The van der Waals surface area contributed by atoms with Crippen LogP contribution in [-0.2, 0) is 9.63 Å². The summed E-state index contributed by atoms with van der Waals surface area (Å²) in [7, 11) is 0. The van der Waals surface area contributed by atoms with Crippen LogP contribution in [0, 0.1) is 6.92 Å². The van der Waals surface area contributed by atoms with Crippen LogP contribution in [0.25, 0.3) is 11.3 Å². The lowest BCUT2D eigenvalue weighted by molar-refractivity contribution is -0.140. The maximum atomic E-state index is 10.6. The normalized spacial score (nSPS) is 10.9. The molecule has 0 saturated heterocycles. The number of carbonyl (C=O) groups excluding carboxylic acids is 1. The highest BCUT2D eigenvalue weighted by molar-refractivity contribution is 9.10. The van der Waals surface area contributed by atoms with Crippen LogP contribution < -0.4 is 0 Å². The molecule has 0 amide bonds. The first-order chi connectivity index (χ1) is 9.06. The summed E-state index contributed by atoms with van der Waals surface area (Å²) < 4.78 is 6.56. The number of hydrogen-bond donors (Lipinski definition) is 0. The first kappa shape index (κ1) is 13.5. The second-order valence-corrected chi connectivity index (χ2v) is 4.86. The molecule has 1 heterocycles. The highest BCUT2D eigenvalue weighted by Crippen LogP contribution is 2.30. The third kappa shape index (κ3) is 3.54. The van der Waals surface area contributed by atoms with Gasteiger partial charge in [-0.05, 0) is 36.8 Å². The number of halogens is 1. The van der Waals surface area contributed by atoms with E-state index in [4.69, 9.17) is 4.42 Å². The Labute approximate surface area is 119 Å². The molecule has 19 heavy (non-hydrogen) atoms. The fourth-order valence-corrected chi connectivity index (χ4v) is 2.23. The molecule has 2 rings (SSSR count). The van der Waals surface area contributed by atoms with Crippen LogP contribution in [0.1, 0.15) is 18.2 Å². The number of nitrogens with zero attached hydrogens (tertiary/aromatic N) is 1. The lowest BCUT2D eigenvalue weighted by Gasteiger charge is -2.01. The smallest absolute Gasteiger partial charge is 0.331 e. The van der Waals surface area contributed by atoms with Gasteiger partial charge in [0.15, 0.2) is 0 Å². The molecule has 1 aromatic carbocycles. The van der Waals surface area contributed by atoms with Gasteiger partial charge in [-0.3, -0.25) is 0 Å². The highest BCUT2D eigenvalue weighted by atomic mass is 79.9. The Morgan fingerprint density at radius 1 is 1.37 bits per heavy atom. The quantitative estimate of drug-likeness (QED) is 0.489. The summed E-state index contributed by atoms with van der Waals surface area (Å²) in [5.74, 6) is 0.768. The van der Waals surface area contributed by atoms with E-state index in [1.54, 1.807) is 6.07 Å². The van der Waals surface area contributed by atoms with Crippen LogP contribution in [-0.4, -0.2) is 12.2 Å². The van der Waals surface area contributed by atoms with Crippen molar-refractivity contribution in [2.75, 3.05) is 0 Å². The second-order valence-electron chi connectivity index (χ2n) is 4.00. The number of benzene rings is 1. The molecule has 98 valence electrons. The van der Waals surface area contributed by atoms with E-state index in [-0.39, 0.29) is 0 Å². The molecule has 0 aliphatic heterocycles. The Balaban J connectivity index is 2.21. The minimum atomic E-state index is -0.468. The molecule has 0 unspecified atom stereocenters. The first-order valence-electron chi connectivity index (χ1n) is 5.63. The highest BCUT2D eigenvalue weighted by Gasteiger charge is 2.07. The van der Waals surface area contributed by atoms with E-state index in [0.717, 1.165) is 15.8 Å². The minimum Gasteiger partial charge on any atom is -0.455 e. The summed E-state index contributed by atoms with van der Waals surface area (Å²) in [5.41, 5.74) is 2.12. The minimum absolute atomic E-state index is 0.468. The van der Waals surface area contributed by atoms with Gasteiger partial charge in [0.1, 0.15) is 17.7 Å². The van der Waals surface area contributed by atoms with Crippen LogP contribution >= 0.6 is 15.9 Å². The van der Waals surface area contributed by atoms with E-state index in [9.17, 15) is 4.79 Å². The first-order valence-corrected chi connectivity index (χ1v) is 6.43. The van der Waals surface area contributed by atoms with Crippen molar-refractivity contribution in [3.63, 3.8) is 0 Å². The van der Waals surface area contributed by atoms with Crippen molar-refractivity contribution in [1.82, 2.24) is 0 Å². The Hall–Kier alpha value is -1.88. The Morgan fingerprint density at radius 3 is 2.84 bits per heavy atom. The summed E-state index contributed by atoms with van der Waals surface area (Å²) in [6.07, 6.45) is 1.35. The average Bonchev–Trinajstić information content (AvgIpc) is 2.77. The van der Waals surface area contributed by atoms with Gasteiger partial charge in [-0.15, -0.1) is 0 Å². The van der Waals surface area contributed by atoms with Crippen molar-refractivity contribution in [2.24, 2.45) is 5.16 Å². The average molecular weight is 322 g/mol. The molecule has 0 saturated carbocycles. The van der Waals surface area contributed by atoms with Crippen LogP contribution in [0.2, 0.25) is 0 Å². The molecule has 0 atom stereocenters. The molecule has 2 aromatic rings. The van der Waals surface area contributed by atoms with Gasteiger partial charge in [-0.25, -0.2) is 4.79 Å². The van der Waals surface area contributed by atoms with Gasteiger partial charge >= 0.3 is 5.97 Å². The fourth-order valence-electron chi connectivity index (χ4n) is 1.54. The number of furan rings is 1. The predicted octanol–water partition coefficient (Wildman–Crippen LogP) is 3.91. The molecular formula is C14H12BrNO3. The summed E-state index contributed by atoms with van der Waals surface area (Å²) in [4.78, 5) is 15.0. The van der Waals surface area contributed by atoms with Crippen LogP contribution in [0.15, 0.2) is 44.4 Å². The molecule has 5 heteroatoms. The van der Waals surface area contributed by atoms with Crippen molar-refractivity contribution in [1.29, 1.82) is 0 Å². The molecule has 1 aromatic heterocycles. The van der Waals surface area contributed by atoms with Crippen molar-refractivity contribution in [3.8, 4) is 11.3 Å². The summed E-state index contributed by atoms with van der Waals surface area (Å²) in [5, 5.41) is 3.50. The molecule has 0 aliphatic carbocycles.